The Morgan fingerprint density at radius 3 is 2.73 bits per heavy atom. The number of hydrogen-bond acceptors (Lipinski definition) is 4. The van der Waals surface area contributed by atoms with Crippen molar-refractivity contribution in [2.75, 3.05) is 32.1 Å². The first kappa shape index (κ1) is 19.8. The summed E-state index contributed by atoms with van der Waals surface area (Å²) in [7, 11) is 1.61. The molecular formula is C23H24N4O3. The maximum atomic E-state index is 13.0. The second kappa shape index (κ2) is 8.92. The lowest BCUT2D eigenvalue weighted by atomic mass is 9.94. The van der Waals surface area contributed by atoms with E-state index in [1.54, 1.807) is 18.2 Å². The van der Waals surface area contributed by atoms with Crippen LogP contribution in [-0.4, -0.2) is 54.7 Å². The van der Waals surface area contributed by atoms with Crippen molar-refractivity contribution in [3.63, 3.8) is 0 Å². The molecule has 4 rings (SSSR count). The van der Waals surface area contributed by atoms with Gasteiger partial charge in [0.05, 0.1) is 24.0 Å². The molecule has 2 heterocycles. The highest BCUT2D eigenvalue weighted by atomic mass is 16.5. The number of nitrogens with zero attached hydrogens (tertiary/aromatic N) is 2. The number of rotatable bonds is 6. The average Bonchev–Trinajstić information content (AvgIpc) is 3.08. The summed E-state index contributed by atoms with van der Waals surface area (Å²) in [5, 5.41) is 6.60. The second-order valence-electron chi connectivity index (χ2n) is 7.29. The average molecular weight is 404 g/mol. The van der Waals surface area contributed by atoms with Gasteiger partial charge in [0.1, 0.15) is 6.04 Å². The number of likely N-dealkylation sites (tertiary alicyclic amines) is 1. The van der Waals surface area contributed by atoms with E-state index in [1.165, 1.54) is 0 Å². The van der Waals surface area contributed by atoms with Crippen molar-refractivity contribution in [1.29, 1.82) is 0 Å². The number of carbonyl (C=O) groups is 2. The van der Waals surface area contributed by atoms with Gasteiger partial charge in [-0.3, -0.25) is 9.78 Å². The van der Waals surface area contributed by atoms with Crippen molar-refractivity contribution >= 4 is 28.5 Å². The number of hydrogen-bond donors (Lipinski definition) is 2. The number of carbonyl (C=O) groups excluding carboxylic acids is 2. The summed E-state index contributed by atoms with van der Waals surface area (Å²) in [6, 6.07) is 18.3. The number of nitrogens with one attached hydrogen (secondary N) is 2. The first-order valence-corrected chi connectivity index (χ1v) is 9.90. The van der Waals surface area contributed by atoms with Crippen LogP contribution in [0.5, 0.6) is 0 Å². The van der Waals surface area contributed by atoms with Gasteiger partial charge in [-0.2, -0.15) is 0 Å². The van der Waals surface area contributed by atoms with Crippen LogP contribution in [-0.2, 0) is 9.53 Å². The van der Waals surface area contributed by atoms with Gasteiger partial charge in [0.15, 0.2) is 0 Å². The van der Waals surface area contributed by atoms with Gasteiger partial charge in [0.2, 0.25) is 5.91 Å². The topological polar surface area (TPSA) is 83.6 Å². The molecule has 0 bridgehead atoms. The molecule has 2 atom stereocenters. The lowest BCUT2D eigenvalue weighted by Crippen LogP contribution is -2.45. The third kappa shape index (κ3) is 4.26. The van der Waals surface area contributed by atoms with Gasteiger partial charge in [0, 0.05) is 31.5 Å². The van der Waals surface area contributed by atoms with Crippen molar-refractivity contribution in [1.82, 2.24) is 15.2 Å². The standard InChI is InChI=1S/C23H24N4O3/c1-30-12-11-27-15-19(16-7-3-2-4-8-16)21(22(27)28)26-23(29)25-18-13-17-9-5-6-10-20(17)24-14-18/h2-10,13-14,19,21H,11-12,15H2,1H3,(H2,25,26,29). The number of pyridine rings is 1. The van der Waals surface area contributed by atoms with E-state index in [9.17, 15) is 9.59 Å². The number of aromatic nitrogens is 1. The molecule has 1 aliphatic heterocycles. The number of anilines is 1. The number of para-hydroxylation sites is 1. The third-order valence-corrected chi connectivity index (χ3v) is 5.33. The van der Waals surface area contributed by atoms with Crippen LogP contribution in [0.15, 0.2) is 66.9 Å². The van der Waals surface area contributed by atoms with E-state index in [0.29, 0.717) is 25.4 Å². The van der Waals surface area contributed by atoms with E-state index in [-0.39, 0.29) is 11.8 Å². The number of amides is 3. The summed E-state index contributed by atoms with van der Waals surface area (Å²) >= 11 is 0. The van der Waals surface area contributed by atoms with Crippen molar-refractivity contribution < 1.29 is 14.3 Å². The highest BCUT2D eigenvalue weighted by molar-refractivity contribution is 5.96. The largest absolute Gasteiger partial charge is 0.383 e. The molecule has 1 aliphatic rings. The maximum absolute atomic E-state index is 13.0. The molecule has 1 aromatic heterocycles. The second-order valence-corrected chi connectivity index (χ2v) is 7.29. The molecule has 7 nitrogen and oxygen atoms in total. The SMILES string of the molecule is COCCN1CC(c2ccccc2)C(NC(=O)Nc2cnc3ccccc3c2)C1=O. The molecule has 3 aromatic rings. The van der Waals surface area contributed by atoms with Crippen LogP contribution in [0.2, 0.25) is 0 Å². The number of ether oxygens (including phenoxy) is 1. The van der Waals surface area contributed by atoms with E-state index in [2.05, 4.69) is 15.6 Å². The van der Waals surface area contributed by atoms with Crippen molar-refractivity contribution in [3.8, 4) is 0 Å². The van der Waals surface area contributed by atoms with Crippen LogP contribution < -0.4 is 10.6 Å². The summed E-state index contributed by atoms with van der Waals surface area (Å²) < 4.78 is 5.12. The molecule has 7 heteroatoms. The van der Waals surface area contributed by atoms with E-state index in [4.69, 9.17) is 4.74 Å². The summed E-state index contributed by atoms with van der Waals surface area (Å²) in [6.45, 7) is 1.48. The molecular weight excluding hydrogens is 380 g/mol. The Labute approximate surface area is 175 Å². The zero-order valence-corrected chi connectivity index (χ0v) is 16.7. The zero-order chi connectivity index (χ0) is 20.9. The third-order valence-electron chi connectivity index (χ3n) is 5.33. The molecule has 2 aromatic carbocycles. The van der Waals surface area contributed by atoms with E-state index >= 15 is 0 Å². The number of fused-ring (bicyclic) bond motifs is 1. The Morgan fingerprint density at radius 1 is 1.17 bits per heavy atom. The van der Waals surface area contributed by atoms with Crippen molar-refractivity contribution in [2.45, 2.75) is 12.0 Å². The minimum Gasteiger partial charge on any atom is -0.383 e. The molecule has 30 heavy (non-hydrogen) atoms. The lowest BCUT2D eigenvalue weighted by Gasteiger charge is -2.19. The van der Waals surface area contributed by atoms with Crippen molar-refractivity contribution in [2.24, 2.45) is 0 Å². The minimum atomic E-state index is -0.641. The molecule has 154 valence electrons. The number of benzene rings is 2. The Morgan fingerprint density at radius 2 is 1.93 bits per heavy atom. The number of urea groups is 1. The molecule has 3 amide bonds. The molecule has 2 N–H and O–H groups in total. The summed E-state index contributed by atoms with van der Waals surface area (Å²) in [5.41, 5.74) is 2.44. The van der Waals surface area contributed by atoms with Gasteiger partial charge in [-0.1, -0.05) is 48.5 Å². The minimum absolute atomic E-state index is 0.104. The Balaban J connectivity index is 1.50. The van der Waals surface area contributed by atoms with Gasteiger partial charge in [-0.05, 0) is 17.7 Å². The van der Waals surface area contributed by atoms with Gasteiger partial charge >= 0.3 is 6.03 Å². The normalized spacial score (nSPS) is 18.6. The van der Waals surface area contributed by atoms with Crippen LogP contribution in [0, 0.1) is 0 Å². The molecule has 1 saturated heterocycles. The van der Waals surface area contributed by atoms with Crippen molar-refractivity contribution in [3.05, 3.63) is 72.4 Å². The summed E-state index contributed by atoms with van der Waals surface area (Å²) in [6.07, 6.45) is 1.61. The Kier molecular flexibility index (Phi) is 5.90. The molecule has 0 spiro atoms. The fourth-order valence-electron chi connectivity index (χ4n) is 3.81. The van der Waals surface area contributed by atoms with E-state index < -0.39 is 12.1 Å². The van der Waals surface area contributed by atoms with Crippen LogP contribution in [0.25, 0.3) is 10.9 Å². The molecule has 1 fully saturated rings. The molecule has 2 unspecified atom stereocenters. The predicted octanol–water partition coefficient (Wildman–Crippen LogP) is 3.00. The Bertz CT molecular complexity index is 1040. The van der Waals surface area contributed by atoms with Gasteiger partial charge in [-0.15, -0.1) is 0 Å². The van der Waals surface area contributed by atoms with Crippen LogP contribution in [0.4, 0.5) is 10.5 Å². The monoisotopic (exact) mass is 404 g/mol. The van der Waals surface area contributed by atoms with Gasteiger partial charge in [0.25, 0.3) is 0 Å². The summed E-state index contributed by atoms with van der Waals surface area (Å²) in [5.74, 6) is -0.233. The molecule has 0 aliphatic carbocycles. The predicted molar refractivity (Wildman–Crippen MR) is 115 cm³/mol. The zero-order valence-electron chi connectivity index (χ0n) is 16.7. The van der Waals surface area contributed by atoms with Gasteiger partial charge < -0.3 is 20.3 Å². The first-order valence-electron chi connectivity index (χ1n) is 9.90. The molecule has 0 saturated carbocycles. The first-order chi connectivity index (χ1) is 14.7. The fourth-order valence-corrected chi connectivity index (χ4v) is 3.81. The highest BCUT2D eigenvalue weighted by Crippen LogP contribution is 2.28. The quantitative estimate of drug-likeness (QED) is 0.662. The van der Waals surface area contributed by atoms with Gasteiger partial charge in [-0.25, -0.2) is 4.79 Å². The maximum Gasteiger partial charge on any atom is 0.319 e. The fraction of sp³-hybridized carbons (Fsp3) is 0.261. The highest BCUT2D eigenvalue weighted by Gasteiger charge is 2.41. The number of methoxy groups -OCH3 is 1. The van der Waals surface area contributed by atoms with Crippen LogP contribution in [0.3, 0.4) is 0 Å². The molecule has 0 radical (unpaired) electrons. The van der Waals surface area contributed by atoms with E-state index in [0.717, 1.165) is 16.5 Å². The van der Waals surface area contributed by atoms with Crippen LogP contribution >= 0.6 is 0 Å². The van der Waals surface area contributed by atoms with E-state index in [1.807, 2.05) is 60.7 Å². The smallest absolute Gasteiger partial charge is 0.319 e. The van der Waals surface area contributed by atoms with Crippen LogP contribution in [0.1, 0.15) is 11.5 Å². The Hall–Kier alpha value is -3.45. The summed E-state index contributed by atoms with van der Waals surface area (Å²) in [4.78, 5) is 31.8. The lowest BCUT2D eigenvalue weighted by molar-refractivity contribution is -0.129.